The van der Waals surface area contributed by atoms with Gasteiger partial charge in [0, 0.05) is 18.4 Å². The average Bonchev–Trinajstić information content (AvgIpc) is 2.47. The monoisotopic (exact) mass is 274 g/mol. The van der Waals surface area contributed by atoms with E-state index in [0.717, 1.165) is 45.1 Å². The molecule has 0 N–H and O–H groups in total. The van der Waals surface area contributed by atoms with Crippen LogP contribution < -0.4 is 0 Å². The fraction of sp³-hybridized carbons (Fsp3) is 0.611. The minimum absolute atomic E-state index is 0.0440. The number of carbonyl (C=O) groups is 1. The van der Waals surface area contributed by atoms with E-state index in [4.69, 9.17) is 4.74 Å². The largest absolute Gasteiger partial charge is 0.377 e. The zero-order chi connectivity index (χ0) is 14.3. The highest BCUT2D eigenvalue weighted by Crippen LogP contribution is 2.37. The summed E-state index contributed by atoms with van der Waals surface area (Å²) in [5.74, 6) is 0.481. The smallest absolute Gasteiger partial charge is 0.138 e. The van der Waals surface area contributed by atoms with Crippen LogP contribution in [0.25, 0.3) is 0 Å². The molecule has 2 heteroatoms. The van der Waals surface area contributed by atoms with Gasteiger partial charge in [-0.05, 0) is 31.2 Å². The Bertz CT molecular complexity index is 413. The van der Waals surface area contributed by atoms with E-state index < -0.39 is 0 Å². The van der Waals surface area contributed by atoms with E-state index in [2.05, 4.69) is 19.1 Å². The number of ether oxygens (including phenoxy) is 1. The molecular formula is C18H26O2. The molecule has 20 heavy (non-hydrogen) atoms. The highest BCUT2D eigenvalue weighted by Gasteiger charge is 2.33. The fourth-order valence-electron chi connectivity index (χ4n) is 2.99. The van der Waals surface area contributed by atoms with Crippen LogP contribution in [0.3, 0.4) is 0 Å². The molecule has 0 aromatic heterocycles. The first-order chi connectivity index (χ1) is 9.71. The molecule has 1 aromatic rings. The first-order valence-electron chi connectivity index (χ1n) is 7.86. The van der Waals surface area contributed by atoms with Gasteiger partial charge in [-0.3, -0.25) is 4.79 Å². The topological polar surface area (TPSA) is 26.3 Å². The van der Waals surface area contributed by atoms with Crippen LogP contribution in [-0.2, 0) is 16.1 Å². The van der Waals surface area contributed by atoms with E-state index in [1.54, 1.807) is 0 Å². The second-order valence-electron chi connectivity index (χ2n) is 6.19. The molecule has 1 atom stereocenters. The average molecular weight is 274 g/mol. The number of rotatable bonds is 7. The van der Waals surface area contributed by atoms with Crippen LogP contribution >= 0.6 is 0 Å². The number of hydrogen-bond acceptors (Lipinski definition) is 2. The third-order valence-corrected chi connectivity index (χ3v) is 4.43. The molecule has 1 saturated carbocycles. The third-order valence-electron chi connectivity index (χ3n) is 4.43. The summed E-state index contributed by atoms with van der Waals surface area (Å²) in [7, 11) is 0. The van der Waals surface area contributed by atoms with Gasteiger partial charge in [0.2, 0.25) is 0 Å². The van der Waals surface area contributed by atoms with E-state index in [1.165, 1.54) is 12.0 Å². The molecule has 1 aliphatic carbocycles. The van der Waals surface area contributed by atoms with Gasteiger partial charge in [-0.2, -0.15) is 0 Å². The van der Waals surface area contributed by atoms with E-state index in [0.29, 0.717) is 12.4 Å². The van der Waals surface area contributed by atoms with Crippen molar-refractivity contribution in [3.8, 4) is 0 Å². The summed E-state index contributed by atoms with van der Waals surface area (Å²) in [6, 6.07) is 10.3. The quantitative estimate of drug-likeness (QED) is 0.683. The lowest BCUT2D eigenvalue weighted by Crippen LogP contribution is -2.31. The van der Waals surface area contributed by atoms with Crippen molar-refractivity contribution in [2.24, 2.45) is 5.41 Å². The molecule has 1 fully saturated rings. The van der Waals surface area contributed by atoms with Gasteiger partial charge in [0.15, 0.2) is 0 Å². The van der Waals surface area contributed by atoms with E-state index >= 15 is 0 Å². The van der Waals surface area contributed by atoms with Gasteiger partial charge in [0.25, 0.3) is 0 Å². The number of benzene rings is 1. The maximum atomic E-state index is 12.0. The van der Waals surface area contributed by atoms with Crippen molar-refractivity contribution in [3.05, 3.63) is 35.9 Å². The Labute approximate surface area is 122 Å². The summed E-state index contributed by atoms with van der Waals surface area (Å²) in [6.45, 7) is 3.63. The Hall–Kier alpha value is -1.15. The summed E-state index contributed by atoms with van der Waals surface area (Å²) in [5, 5.41) is 0. The van der Waals surface area contributed by atoms with Gasteiger partial charge >= 0.3 is 0 Å². The SMILES string of the molecule is CC1(CCCCOCc2ccccc2)CCCCC1=O. The Kier molecular flexibility index (Phi) is 5.78. The molecule has 110 valence electrons. The molecule has 0 amide bonds. The normalized spacial score (nSPS) is 22.9. The highest BCUT2D eigenvalue weighted by atomic mass is 16.5. The molecule has 1 aliphatic rings. The van der Waals surface area contributed by atoms with Crippen molar-refractivity contribution in [1.29, 1.82) is 0 Å². The van der Waals surface area contributed by atoms with Crippen molar-refractivity contribution in [2.45, 2.75) is 58.5 Å². The lowest BCUT2D eigenvalue weighted by molar-refractivity contribution is -0.130. The number of unbranched alkanes of at least 4 members (excludes halogenated alkanes) is 1. The highest BCUT2D eigenvalue weighted by molar-refractivity contribution is 5.85. The minimum atomic E-state index is -0.0440. The lowest BCUT2D eigenvalue weighted by Gasteiger charge is -2.32. The third kappa shape index (κ3) is 4.45. The maximum Gasteiger partial charge on any atom is 0.138 e. The van der Waals surface area contributed by atoms with Gasteiger partial charge in [-0.25, -0.2) is 0 Å². The van der Waals surface area contributed by atoms with E-state index in [9.17, 15) is 4.79 Å². The number of Topliss-reactive ketones (excluding diaryl/α,β-unsaturated/α-hetero) is 1. The Morgan fingerprint density at radius 1 is 1.15 bits per heavy atom. The van der Waals surface area contributed by atoms with Crippen molar-refractivity contribution in [1.82, 2.24) is 0 Å². The fourth-order valence-corrected chi connectivity index (χ4v) is 2.99. The minimum Gasteiger partial charge on any atom is -0.377 e. The lowest BCUT2D eigenvalue weighted by atomic mass is 9.71. The van der Waals surface area contributed by atoms with Crippen molar-refractivity contribution >= 4 is 5.78 Å². The van der Waals surface area contributed by atoms with Crippen LogP contribution in [0, 0.1) is 5.41 Å². The van der Waals surface area contributed by atoms with Gasteiger partial charge in [0.1, 0.15) is 5.78 Å². The Balaban J connectivity index is 1.58. The summed E-state index contributed by atoms with van der Waals surface area (Å²) in [6.07, 6.45) is 7.35. The van der Waals surface area contributed by atoms with Crippen LogP contribution in [0.1, 0.15) is 57.4 Å². The molecule has 1 unspecified atom stereocenters. The van der Waals surface area contributed by atoms with Crippen molar-refractivity contribution in [2.75, 3.05) is 6.61 Å². The first kappa shape index (κ1) is 15.2. The van der Waals surface area contributed by atoms with E-state index in [-0.39, 0.29) is 5.41 Å². The summed E-state index contributed by atoms with van der Waals surface area (Å²) in [5.41, 5.74) is 1.18. The zero-order valence-corrected chi connectivity index (χ0v) is 12.6. The Morgan fingerprint density at radius 2 is 1.95 bits per heavy atom. The Morgan fingerprint density at radius 3 is 2.70 bits per heavy atom. The van der Waals surface area contributed by atoms with Gasteiger partial charge < -0.3 is 4.74 Å². The van der Waals surface area contributed by atoms with Crippen LogP contribution in [0.15, 0.2) is 30.3 Å². The molecular weight excluding hydrogens is 248 g/mol. The molecule has 0 aliphatic heterocycles. The summed E-state index contributed by atoms with van der Waals surface area (Å²) >= 11 is 0. The zero-order valence-electron chi connectivity index (χ0n) is 12.6. The van der Waals surface area contributed by atoms with Gasteiger partial charge in [-0.1, -0.05) is 50.1 Å². The van der Waals surface area contributed by atoms with Crippen LogP contribution in [0.4, 0.5) is 0 Å². The number of ketones is 1. The van der Waals surface area contributed by atoms with Crippen LogP contribution in [0.2, 0.25) is 0 Å². The standard InChI is InChI=1S/C18H26O2/c1-18(12-6-5-11-17(18)19)13-7-8-14-20-15-16-9-3-2-4-10-16/h2-4,9-10H,5-8,11-15H2,1H3. The second kappa shape index (κ2) is 7.58. The van der Waals surface area contributed by atoms with Crippen molar-refractivity contribution in [3.63, 3.8) is 0 Å². The first-order valence-corrected chi connectivity index (χ1v) is 7.86. The van der Waals surface area contributed by atoms with Gasteiger partial charge in [0.05, 0.1) is 6.61 Å². The molecule has 0 saturated heterocycles. The maximum absolute atomic E-state index is 12.0. The molecule has 0 radical (unpaired) electrons. The van der Waals surface area contributed by atoms with Crippen LogP contribution in [0.5, 0.6) is 0 Å². The van der Waals surface area contributed by atoms with Gasteiger partial charge in [-0.15, -0.1) is 0 Å². The molecule has 1 aromatic carbocycles. The molecule has 2 rings (SSSR count). The summed E-state index contributed by atoms with van der Waals surface area (Å²) in [4.78, 5) is 12.0. The van der Waals surface area contributed by atoms with Crippen LogP contribution in [-0.4, -0.2) is 12.4 Å². The molecule has 0 spiro atoms. The molecule has 0 bridgehead atoms. The molecule has 2 nitrogen and oxygen atoms in total. The second-order valence-corrected chi connectivity index (χ2v) is 6.19. The predicted octanol–water partition coefficient (Wildman–Crippen LogP) is 4.52. The number of carbonyl (C=O) groups excluding carboxylic acids is 1. The van der Waals surface area contributed by atoms with E-state index in [1.807, 2.05) is 18.2 Å². The molecule has 0 heterocycles. The number of hydrogen-bond donors (Lipinski definition) is 0. The summed E-state index contributed by atoms with van der Waals surface area (Å²) < 4.78 is 5.68. The van der Waals surface area contributed by atoms with Crippen molar-refractivity contribution < 1.29 is 9.53 Å². The predicted molar refractivity (Wildman–Crippen MR) is 81.5 cm³/mol.